The topological polar surface area (TPSA) is 70.9 Å². The van der Waals surface area contributed by atoms with Crippen LogP contribution in [0.25, 0.3) is 0 Å². The fourth-order valence-electron chi connectivity index (χ4n) is 1.79. The summed E-state index contributed by atoms with van der Waals surface area (Å²) in [5, 5.41) is 15.0. The molecule has 1 aromatic rings. The molecule has 0 aliphatic carbocycles. The largest absolute Gasteiger partial charge is 0.480 e. The first-order valence-electron chi connectivity index (χ1n) is 7.15. The molecule has 21 heavy (non-hydrogen) atoms. The molecule has 0 fully saturated rings. The van der Waals surface area contributed by atoms with E-state index >= 15 is 0 Å². The summed E-state index contributed by atoms with van der Waals surface area (Å²) in [5.74, 6) is 0.372. The lowest BCUT2D eigenvalue weighted by Gasteiger charge is -2.19. The Bertz CT molecular complexity index is 526. The zero-order valence-electron chi connectivity index (χ0n) is 13.3. The maximum absolute atomic E-state index is 12.0. The minimum atomic E-state index is -0.619. The van der Waals surface area contributed by atoms with E-state index in [1.165, 1.54) is 0 Å². The molecule has 0 aromatic heterocycles. The van der Waals surface area contributed by atoms with Crippen LogP contribution in [0.4, 0.5) is 0 Å². The Kier molecular flexibility index (Phi) is 6.21. The van der Waals surface area contributed by atoms with Crippen molar-refractivity contribution in [2.75, 3.05) is 0 Å². The molecule has 2 unspecified atom stereocenters. The molecule has 5 nitrogen and oxygen atoms in total. The maximum atomic E-state index is 12.0. The van der Waals surface area contributed by atoms with Crippen LogP contribution in [-0.2, 0) is 4.79 Å². The number of hydrogen-bond acceptors (Lipinski definition) is 4. The van der Waals surface area contributed by atoms with Crippen LogP contribution in [0, 0.1) is 6.92 Å². The van der Waals surface area contributed by atoms with E-state index in [0.29, 0.717) is 17.0 Å². The van der Waals surface area contributed by atoms with Crippen molar-refractivity contribution >= 4 is 11.6 Å². The van der Waals surface area contributed by atoms with E-state index < -0.39 is 6.10 Å². The van der Waals surface area contributed by atoms with E-state index in [-0.39, 0.29) is 11.9 Å². The van der Waals surface area contributed by atoms with Gasteiger partial charge >= 0.3 is 0 Å². The van der Waals surface area contributed by atoms with Crippen molar-refractivity contribution in [1.82, 2.24) is 5.32 Å². The highest BCUT2D eigenvalue weighted by Gasteiger charge is 2.18. The van der Waals surface area contributed by atoms with Crippen molar-refractivity contribution < 1.29 is 14.7 Å². The molecule has 1 aromatic carbocycles. The van der Waals surface area contributed by atoms with E-state index in [0.717, 1.165) is 12.0 Å². The molecule has 0 aliphatic rings. The monoisotopic (exact) mass is 292 g/mol. The third-order valence-electron chi connectivity index (χ3n) is 3.35. The van der Waals surface area contributed by atoms with Gasteiger partial charge in [0.1, 0.15) is 5.75 Å². The van der Waals surface area contributed by atoms with E-state index in [1.54, 1.807) is 19.9 Å². The normalized spacial score (nSPS) is 14.4. The highest BCUT2D eigenvalue weighted by Crippen LogP contribution is 2.22. The van der Waals surface area contributed by atoms with E-state index in [1.807, 2.05) is 32.9 Å². The average Bonchev–Trinajstić information content (AvgIpc) is 2.47. The first kappa shape index (κ1) is 17.0. The van der Waals surface area contributed by atoms with Crippen molar-refractivity contribution in [3.63, 3.8) is 0 Å². The molecule has 116 valence electrons. The molecule has 0 saturated heterocycles. The molecule has 0 saturated carbocycles. The molecular weight excluding hydrogens is 268 g/mol. The molecule has 0 spiro atoms. The second-order valence-electron chi connectivity index (χ2n) is 5.26. The Morgan fingerprint density at radius 3 is 2.67 bits per heavy atom. The van der Waals surface area contributed by atoms with Crippen LogP contribution in [0.3, 0.4) is 0 Å². The quantitative estimate of drug-likeness (QED) is 0.481. The number of hydrogen-bond donors (Lipinski definition) is 2. The number of aryl methyl sites for hydroxylation is 1. The number of nitrogens with zero attached hydrogens (tertiary/aromatic N) is 1. The van der Waals surface area contributed by atoms with Gasteiger partial charge in [0.2, 0.25) is 0 Å². The third kappa shape index (κ3) is 4.77. The van der Waals surface area contributed by atoms with Crippen LogP contribution in [-0.4, -0.2) is 29.0 Å². The van der Waals surface area contributed by atoms with Gasteiger partial charge in [-0.15, -0.1) is 0 Å². The first-order chi connectivity index (χ1) is 9.88. The summed E-state index contributed by atoms with van der Waals surface area (Å²) in [7, 11) is 0. The Balaban J connectivity index is 2.90. The number of carbonyl (C=O) groups excluding carboxylic acids is 1. The highest BCUT2D eigenvalue weighted by molar-refractivity contribution is 6.01. The summed E-state index contributed by atoms with van der Waals surface area (Å²) in [6.45, 7) is 9.29. The van der Waals surface area contributed by atoms with Crippen LogP contribution >= 0.6 is 0 Å². The molecule has 0 heterocycles. The molecule has 2 atom stereocenters. The molecule has 0 radical (unpaired) electrons. The van der Waals surface area contributed by atoms with E-state index in [4.69, 9.17) is 9.94 Å². The van der Waals surface area contributed by atoms with E-state index in [9.17, 15) is 4.79 Å². The first-order valence-corrected chi connectivity index (χ1v) is 7.15. The molecular formula is C16H24N2O3. The fourth-order valence-corrected chi connectivity index (χ4v) is 1.79. The van der Waals surface area contributed by atoms with Crippen molar-refractivity contribution in [3.8, 4) is 5.75 Å². The Morgan fingerprint density at radius 1 is 1.43 bits per heavy atom. The van der Waals surface area contributed by atoms with Gasteiger partial charge in [-0.3, -0.25) is 4.79 Å². The SMILES string of the molecule is CCC(C)NC(=O)C(C)Oc1ccc(C)cc1/C(C)=N/O. The van der Waals surface area contributed by atoms with Gasteiger partial charge < -0.3 is 15.3 Å². The van der Waals surface area contributed by atoms with Crippen LogP contribution in [0.2, 0.25) is 0 Å². The zero-order chi connectivity index (χ0) is 16.0. The molecule has 0 bridgehead atoms. The van der Waals surface area contributed by atoms with Crippen molar-refractivity contribution in [2.24, 2.45) is 5.16 Å². The Hall–Kier alpha value is -2.04. The standard InChI is InChI=1S/C16H24N2O3/c1-6-11(3)17-16(19)13(5)21-15-8-7-10(2)9-14(15)12(4)18-20/h7-9,11,13,20H,6H2,1-5H3,(H,17,19)/b18-12+. The minimum Gasteiger partial charge on any atom is -0.480 e. The number of rotatable bonds is 6. The Labute approximate surface area is 126 Å². The van der Waals surface area contributed by atoms with Crippen LogP contribution in [0.1, 0.15) is 45.2 Å². The van der Waals surface area contributed by atoms with Gasteiger partial charge in [-0.1, -0.05) is 23.7 Å². The van der Waals surface area contributed by atoms with Crippen molar-refractivity contribution in [2.45, 2.75) is 53.2 Å². The summed E-state index contributed by atoms with van der Waals surface area (Å²) in [6, 6.07) is 5.65. The lowest BCUT2D eigenvalue weighted by Crippen LogP contribution is -2.41. The smallest absolute Gasteiger partial charge is 0.260 e. The summed E-state index contributed by atoms with van der Waals surface area (Å²) in [4.78, 5) is 12.0. The summed E-state index contributed by atoms with van der Waals surface area (Å²) in [6.07, 6.45) is 0.247. The number of benzene rings is 1. The molecule has 5 heteroatoms. The number of carbonyl (C=O) groups is 1. The average molecular weight is 292 g/mol. The lowest BCUT2D eigenvalue weighted by molar-refractivity contribution is -0.127. The van der Waals surface area contributed by atoms with Crippen molar-refractivity contribution in [3.05, 3.63) is 29.3 Å². The minimum absolute atomic E-state index is 0.113. The van der Waals surface area contributed by atoms with Gasteiger partial charge in [0.15, 0.2) is 6.10 Å². The maximum Gasteiger partial charge on any atom is 0.260 e. The number of oxime groups is 1. The fraction of sp³-hybridized carbons (Fsp3) is 0.500. The van der Waals surface area contributed by atoms with Gasteiger partial charge in [-0.2, -0.15) is 0 Å². The second kappa shape index (κ2) is 7.67. The van der Waals surface area contributed by atoms with Crippen LogP contribution in [0.15, 0.2) is 23.4 Å². The lowest BCUT2D eigenvalue weighted by atomic mass is 10.1. The van der Waals surface area contributed by atoms with Crippen LogP contribution in [0.5, 0.6) is 5.75 Å². The van der Waals surface area contributed by atoms with Crippen molar-refractivity contribution in [1.29, 1.82) is 0 Å². The molecule has 1 amide bonds. The van der Waals surface area contributed by atoms with Gasteiger partial charge in [0.25, 0.3) is 5.91 Å². The van der Waals surface area contributed by atoms with Gasteiger partial charge in [-0.25, -0.2) is 0 Å². The number of nitrogens with one attached hydrogen (secondary N) is 1. The van der Waals surface area contributed by atoms with Gasteiger partial charge in [0, 0.05) is 11.6 Å². The third-order valence-corrected chi connectivity index (χ3v) is 3.35. The second-order valence-corrected chi connectivity index (χ2v) is 5.26. The zero-order valence-corrected chi connectivity index (χ0v) is 13.3. The molecule has 1 rings (SSSR count). The number of ether oxygens (including phenoxy) is 1. The summed E-state index contributed by atoms with van der Waals surface area (Å²) < 4.78 is 5.73. The summed E-state index contributed by atoms with van der Waals surface area (Å²) in [5.41, 5.74) is 2.15. The summed E-state index contributed by atoms with van der Waals surface area (Å²) >= 11 is 0. The highest BCUT2D eigenvalue weighted by atomic mass is 16.5. The van der Waals surface area contributed by atoms with Gasteiger partial charge in [0.05, 0.1) is 5.71 Å². The van der Waals surface area contributed by atoms with Gasteiger partial charge in [-0.05, 0) is 46.2 Å². The Morgan fingerprint density at radius 2 is 2.10 bits per heavy atom. The number of amides is 1. The predicted octanol–water partition coefficient (Wildman–Crippen LogP) is 2.88. The molecule has 0 aliphatic heterocycles. The molecule has 2 N–H and O–H groups in total. The van der Waals surface area contributed by atoms with Crippen LogP contribution < -0.4 is 10.1 Å². The van der Waals surface area contributed by atoms with E-state index in [2.05, 4.69) is 10.5 Å². The predicted molar refractivity (Wildman–Crippen MR) is 83.2 cm³/mol.